The van der Waals surface area contributed by atoms with E-state index in [-0.39, 0.29) is 0 Å². The number of nitrogens with two attached hydrogens (primary N) is 1. The third-order valence-corrected chi connectivity index (χ3v) is 1.61. The van der Waals surface area contributed by atoms with Gasteiger partial charge in [0.2, 0.25) is 0 Å². The number of hydrogen-bond acceptors (Lipinski definition) is 2. The van der Waals surface area contributed by atoms with E-state index in [1.54, 1.807) is 0 Å². The zero-order valence-corrected chi connectivity index (χ0v) is 7.29. The summed E-state index contributed by atoms with van der Waals surface area (Å²) < 4.78 is 0. The first kappa shape index (κ1) is 9.50. The van der Waals surface area contributed by atoms with E-state index in [1.165, 1.54) is 0 Å². The Morgan fingerprint density at radius 3 is 2.54 bits per heavy atom. The highest BCUT2D eigenvalue weighted by Gasteiger charge is 1.88. The molecule has 0 amide bonds. The standard InChI is InChI=1S/C11H11NO/c12-9-11-6-4-10(5-7-11)3-1-2-8-13/h4-8H,2,9,12H2. The lowest BCUT2D eigenvalue weighted by Crippen LogP contribution is -1.95. The molecule has 0 saturated heterocycles. The van der Waals surface area contributed by atoms with Crippen molar-refractivity contribution in [2.75, 3.05) is 0 Å². The summed E-state index contributed by atoms with van der Waals surface area (Å²) in [6, 6.07) is 7.68. The molecule has 0 bridgehead atoms. The quantitative estimate of drug-likeness (QED) is 0.537. The van der Waals surface area contributed by atoms with Crippen molar-refractivity contribution in [1.29, 1.82) is 0 Å². The molecule has 2 nitrogen and oxygen atoms in total. The largest absolute Gasteiger partial charge is 0.326 e. The van der Waals surface area contributed by atoms with Crippen LogP contribution in [0, 0.1) is 11.8 Å². The Labute approximate surface area is 77.8 Å². The highest BCUT2D eigenvalue weighted by molar-refractivity contribution is 5.54. The molecule has 0 aliphatic rings. The SMILES string of the molecule is NCc1ccc(C#CCC=O)cc1. The van der Waals surface area contributed by atoms with E-state index in [2.05, 4.69) is 11.8 Å². The zero-order chi connectivity index (χ0) is 9.52. The molecular weight excluding hydrogens is 162 g/mol. The van der Waals surface area contributed by atoms with Gasteiger partial charge in [-0.1, -0.05) is 24.0 Å². The van der Waals surface area contributed by atoms with E-state index >= 15 is 0 Å². The lowest BCUT2D eigenvalue weighted by molar-refractivity contribution is -0.107. The smallest absolute Gasteiger partial charge is 0.131 e. The Morgan fingerprint density at radius 1 is 1.31 bits per heavy atom. The molecule has 0 unspecified atom stereocenters. The molecule has 1 aromatic carbocycles. The fourth-order valence-corrected chi connectivity index (χ4v) is 0.919. The molecule has 0 aromatic heterocycles. The maximum atomic E-state index is 9.98. The van der Waals surface area contributed by atoms with E-state index in [9.17, 15) is 4.79 Å². The van der Waals surface area contributed by atoms with Crippen molar-refractivity contribution in [3.8, 4) is 11.8 Å². The van der Waals surface area contributed by atoms with Gasteiger partial charge in [0.25, 0.3) is 0 Å². The Morgan fingerprint density at radius 2 is 2.00 bits per heavy atom. The first-order chi connectivity index (χ1) is 6.36. The van der Waals surface area contributed by atoms with Crippen LogP contribution in [0.25, 0.3) is 0 Å². The molecule has 0 saturated carbocycles. The van der Waals surface area contributed by atoms with Gasteiger partial charge in [-0.3, -0.25) is 0 Å². The maximum absolute atomic E-state index is 9.98. The second-order valence-corrected chi connectivity index (χ2v) is 2.57. The average Bonchev–Trinajstić information content (AvgIpc) is 2.19. The summed E-state index contributed by atoms with van der Waals surface area (Å²) in [4.78, 5) is 9.98. The van der Waals surface area contributed by atoms with E-state index in [0.717, 1.165) is 17.4 Å². The average molecular weight is 173 g/mol. The number of aldehydes is 1. The van der Waals surface area contributed by atoms with Crippen molar-refractivity contribution in [2.45, 2.75) is 13.0 Å². The molecule has 0 spiro atoms. The van der Waals surface area contributed by atoms with Crippen LogP contribution in [-0.4, -0.2) is 6.29 Å². The van der Waals surface area contributed by atoms with Gasteiger partial charge in [0.15, 0.2) is 0 Å². The summed E-state index contributed by atoms with van der Waals surface area (Å²) in [5.74, 6) is 5.61. The van der Waals surface area contributed by atoms with Crippen LogP contribution in [0.15, 0.2) is 24.3 Å². The van der Waals surface area contributed by atoms with E-state index in [1.807, 2.05) is 24.3 Å². The zero-order valence-electron chi connectivity index (χ0n) is 7.29. The predicted molar refractivity (Wildman–Crippen MR) is 51.9 cm³/mol. The van der Waals surface area contributed by atoms with Crippen LogP contribution in [-0.2, 0) is 11.3 Å². The summed E-state index contributed by atoms with van der Waals surface area (Å²) in [5.41, 5.74) is 7.44. The van der Waals surface area contributed by atoms with Crippen LogP contribution in [0.4, 0.5) is 0 Å². The number of hydrogen-bond donors (Lipinski definition) is 1. The molecule has 13 heavy (non-hydrogen) atoms. The van der Waals surface area contributed by atoms with Crippen molar-refractivity contribution >= 4 is 6.29 Å². The molecule has 2 heteroatoms. The van der Waals surface area contributed by atoms with Crippen LogP contribution < -0.4 is 5.73 Å². The van der Waals surface area contributed by atoms with Crippen molar-refractivity contribution in [3.05, 3.63) is 35.4 Å². The lowest BCUT2D eigenvalue weighted by atomic mass is 10.1. The highest BCUT2D eigenvalue weighted by atomic mass is 16.1. The van der Waals surface area contributed by atoms with Gasteiger partial charge in [-0.05, 0) is 17.7 Å². The molecule has 0 heterocycles. The molecule has 0 atom stereocenters. The number of carbonyl (C=O) groups excluding carboxylic acids is 1. The van der Waals surface area contributed by atoms with Crippen molar-refractivity contribution in [3.63, 3.8) is 0 Å². The fraction of sp³-hybridized carbons (Fsp3) is 0.182. The first-order valence-corrected chi connectivity index (χ1v) is 4.08. The molecule has 66 valence electrons. The topological polar surface area (TPSA) is 43.1 Å². The Hall–Kier alpha value is -1.59. The van der Waals surface area contributed by atoms with E-state index < -0.39 is 0 Å². The minimum Gasteiger partial charge on any atom is -0.326 e. The third kappa shape index (κ3) is 3.10. The van der Waals surface area contributed by atoms with Crippen LogP contribution in [0.5, 0.6) is 0 Å². The highest BCUT2D eigenvalue weighted by Crippen LogP contribution is 2.01. The monoisotopic (exact) mass is 173 g/mol. The summed E-state index contributed by atoms with van der Waals surface area (Å²) in [5, 5.41) is 0. The van der Waals surface area contributed by atoms with Crippen LogP contribution in [0.1, 0.15) is 17.5 Å². The van der Waals surface area contributed by atoms with Crippen molar-refractivity contribution in [2.24, 2.45) is 5.73 Å². The Kier molecular flexibility index (Phi) is 3.74. The summed E-state index contributed by atoms with van der Waals surface area (Å²) in [6.07, 6.45) is 1.08. The molecule has 0 radical (unpaired) electrons. The van der Waals surface area contributed by atoms with Crippen LogP contribution in [0.3, 0.4) is 0 Å². The number of benzene rings is 1. The van der Waals surface area contributed by atoms with Gasteiger partial charge in [-0.15, -0.1) is 0 Å². The first-order valence-electron chi connectivity index (χ1n) is 4.08. The molecule has 1 aromatic rings. The predicted octanol–water partition coefficient (Wildman–Crippen LogP) is 1.09. The number of carbonyl (C=O) groups is 1. The van der Waals surface area contributed by atoms with Gasteiger partial charge in [0.1, 0.15) is 6.29 Å². The van der Waals surface area contributed by atoms with Gasteiger partial charge < -0.3 is 10.5 Å². The van der Waals surface area contributed by atoms with E-state index in [4.69, 9.17) is 5.73 Å². The fourth-order valence-electron chi connectivity index (χ4n) is 0.919. The Bertz CT molecular complexity index is 329. The Balaban J connectivity index is 2.70. The van der Waals surface area contributed by atoms with Gasteiger partial charge in [0, 0.05) is 12.1 Å². The molecule has 0 aliphatic heterocycles. The van der Waals surface area contributed by atoms with E-state index in [0.29, 0.717) is 13.0 Å². The maximum Gasteiger partial charge on any atom is 0.131 e. The number of rotatable bonds is 2. The van der Waals surface area contributed by atoms with Crippen molar-refractivity contribution in [1.82, 2.24) is 0 Å². The molecule has 2 N–H and O–H groups in total. The normalized spacial score (nSPS) is 8.69. The van der Waals surface area contributed by atoms with Gasteiger partial charge in [-0.25, -0.2) is 0 Å². The second kappa shape index (κ2) is 5.13. The molecule has 1 rings (SSSR count). The van der Waals surface area contributed by atoms with Crippen LogP contribution >= 0.6 is 0 Å². The minimum atomic E-state index is 0.290. The van der Waals surface area contributed by atoms with Gasteiger partial charge in [0.05, 0.1) is 6.42 Å². The lowest BCUT2D eigenvalue weighted by Gasteiger charge is -1.94. The minimum absolute atomic E-state index is 0.290. The molecule has 0 fully saturated rings. The van der Waals surface area contributed by atoms with Gasteiger partial charge in [-0.2, -0.15) is 0 Å². The van der Waals surface area contributed by atoms with Crippen LogP contribution in [0.2, 0.25) is 0 Å². The third-order valence-electron chi connectivity index (χ3n) is 1.61. The molecular formula is C11H11NO. The second-order valence-electron chi connectivity index (χ2n) is 2.57. The summed E-state index contributed by atoms with van der Waals surface area (Å²) in [6.45, 7) is 0.544. The van der Waals surface area contributed by atoms with Crippen molar-refractivity contribution < 1.29 is 4.79 Å². The van der Waals surface area contributed by atoms with Gasteiger partial charge >= 0.3 is 0 Å². The summed E-state index contributed by atoms with van der Waals surface area (Å²) in [7, 11) is 0. The molecule has 0 aliphatic carbocycles. The summed E-state index contributed by atoms with van der Waals surface area (Å²) >= 11 is 0.